The summed E-state index contributed by atoms with van der Waals surface area (Å²) in [7, 11) is 0. The third-order valence-electron chi connectivity index (χ3n) is 22.0. The molecule has 0 saturated carbocycles. The van der Waals surface area contributed by atoms with Crippen molar-refractivity contribution in [3.05, 3.63) is 0 Å². The fourth-order valence-electron chi connectivity index (χ4n) is 14.9. The molecule has 0 bridgehead atoms. The van der Waals surface area contributed by atoms with Gasteiger partial charge in [-0.1, -0.05) is 565 Å². The molecule has 2 atom stereocenters. The molecular formula is C92H188O4P2S4Zn. The smallest absolute Gasteiger partial charge is 0.793 e. The van der Waals surface area contributed by atoms with Gasteiger partial charge in [0, 0.05) is 11.4 Å². The van der Waals surface area contributed by atoms with E-state index in [9.17, 15) is 9.79 Å². The molecule has 0 saturated heterocycles. The van der Waals surface area contributed by atoms with Crippen molar-refractivity contribution in [3.8, 4) is 0 Å². The van der Waals surface area contributed by atoms with Gasteiger partial charge < -0.3 is 18.8 Å². The maximum Gasteiger partial charge on any atom is 2.00 e. The first-order valence-electron chi connectivity index (χ1n) is 47.4. The molecule has 0 aliphatic rings. The second-order valence-electron chi connectivity index (χ2n) is 32.5. The van der Waals surface area contributed by atoms with Crippen LogP contribution in [0.15, 0.2) is 0 Å². The van der Waals surface area contributed by atoms with Crippen molar-refractivity contribution >= 4 is 57.8 Å². The van der Waals surface area contributed by atoms with E-state index in [0.717, 1.165) is 37.2 Å². The number of unbranched alkanes of at least 4 members (excludes halogenated alkanes) is 80. The minimum absolute atomic E-state index is 0. The molecule has 0 aromatic rings. The summed E-state index contributed by atoms with van der Waals surface area (Å²) in [6.45, 7) is 10.3. The van der Waals surface area contributed by atoms with Gasteiger partial charge in [-0.2, -0.15) is 0 Å². The molecule has 0 aromatic carbocycles. The van der Waals surface area contributed by atoms with Gasteiger partial charge in [-0.15, -0.1) is 22.8 Å². The monoisotopic (exact) mass is 1610 g/mol. The van der Waals surface area contributed by atoms with Crippen LogP contribution in [0.5, 0.6) is 0 Å². The molecular weight excluding hydrogens is 1420 g/mol. The maximum absolute atomic E-state index is 12.6. The van der Waals surface area contributed by atoms with Gasteiger partial charge in [0.2, 0.25) is 0 Å². The second-order valence-corrected chi connectivity index (χ2v) is 44.9. The van der Waals surface area contributed by atoms with E-state index in [2.05, 4.69) is 27.7 Å². The van der Waals surface area contributed by atoms with E-state index in [1.807, 2.05) is 0 Å². The summed E-state index contributed by atoms with van der Waals surface area (Å²) in [5.41, 5.74) is -5.77. The van der Waals surface area contributed by atoms with Crippen LogP contribution in [0.3, 0.4) is 0 Å². The van der Waals surface area contributed by atoms with Crippen LogP contribution in [0, 0.1) is 0 Å². The summed E-state index contributed by atoms with van der Waals surface area (Å²) in [4.78, 5) is 25.2. The number of hydrogen-bond acceptors (Lipinski definition) is 8. The van der Waals surface area contributed by atoms with Crippen molar-refractivity contribution in [2.75, 3.05) is 24.7 Å². The molecule has 0 aromatic heterocycles. The molecule has 11 heteroatoms. The third-order valence-corrected chi connectivity index (χ3v) is 30.7. The van der Waals surface area contributed by atoms with Gasteiger partial charge in [0.15, 0.2) is 0 Å². The average molecular weight is 1610 g/mol. The molecule has 0 heterocycles. The minimum Gasteiger partial charge on any atom is -0.793 e. The van der Waals surface area contributed by atoms with E-state index in [0.29, 0.717) is 13.2 Å². The van der Waals surface area contributed by atoms with E-state index in [1.165, 1.54) is 536 Å². The largest absolute Gasteiger partial charge is 2.00 e. The summed E-state index contributed by atoms with van der Waals surface area (Å²) in [5.74, 6) is 1.78. The first-order chi connectivity index (χ1) is 50.2. The maximum atomic E-state index is 12.6. The van der Waals surface area contributed by atoms with Crippen molar-refractivity contribution in [2.24, 2.45) is 0 Å². The fraction of sp³-hybridized carbons (Fsp3) is 1.00. The quantitative estimate of drug-likeness (QED) is 0.0339. The average Bonchev–Trinajstić information content (AvgIpc) is 1.63. The predicted octanol–water partition coefficient (Wildman–Crippen LogP) is 35.5. The van der Waals surface area contributed by atoms with Gasteiger partial charge >= 0.3 is 19.5 Å². The Kier molecular flexibility index (Phi) is 105. The zero-order valence-corrected chi connectivity index (χ0v) is 79.1. The number of rotatable bonds is 92. The van der Waals surface area contributed by atoms with Crippen LogP contribution < -0.4 is 9.79 Å². The molecule has 0 aliphatic carbocycles. The van der Waals surface area contributed by atoms with Crippen LogP contribution in [-0.2, 0) is 52.1 Å². The van der Waals surface area contributed by atoms with Crippen LogP contribution in [0.2, 0.25) is 0 Å². The Labute approximate surface area is 682 Å². The van der Waals surface area contributed by atoms with E-state index in [4.69, 9.17) is 32.7 Å². The van der Waals surface area contributed by atoms with Crippen LogP contribution in [-0.4, -0.2) is 24.7 Å². The van der Waals surface area contributed by atoms with Crippen molar-refractivity contribution in [1.82, 2.24) is 0 Å². The Bertz CT molecular complexity index is 1370. The van der Waals surface area contributed by atoms with Gasteiger partial charge in [0.1, 0.15) is 0 Å². The first kappa shape index (κ1) is 110. The topological polar surface area (TPSA) is 64.6 Å². The van der Waals surface area contributed by atoms with Gasteiger partial charge in [0.25, 0.3) is 0 Å². The Morgan fingerprint density at radius 3 is 0.388 bits per heavy atom. The van der Waals surface area contributed by atoms with E-state index in [1.54, 1.807) is 0 Å². The van der Waals surface area contributed by atoms with Gasteiger partial charge in [-0.25, -0.2) is 0 Å². The van der Waals surface area contributed by atoms with Crippen LogP contribution >= 0.6 is 34.2 Å². The first-order valence-corrected chi connectivity index (χ1v) is 55.9. The molecule has 0 amide bonds. The van der Waals surface area contributed by atoms with Gasteiger partial charge in [-0.05, 0) is 37.2 Å². The molecule has 0 N–H and O–H groups in total. The Morgan fingerprint density at radius 1 is 0.175 bits per heavy atom. The summed E-state index contributed by atoms with van der Waals surface area (Å²) in [6, 6.07) is 0. The second kappa shape index (κ2) is 98.7. The number of hydrogen-bond donors (Lipinski definition) is 0. The Balaban J connectivity index is -0.00000192. The van der Waals surface area contributed by atoms with Crippen molar-refractivity contribution in [3.63, 3.8) is 0 Å². The van der Waals surface area contributed by atoms with Crippen molar-refractivity contribution in [1.29, 1.82) is 0 Å². The standard InChI is InChI=1S/2C46H95O2PS2.Zn/c2*1-3-5-7-9-11-13-15-17-19-21-23-25-27-29-31-33-35-37-39-41-43-45-48-49(47,50)51-46-44-42-40-38-36-34-32-30-28-26-24-22-20-18-16-14-12-10-8-6-4-2;/h2*3-46H2,1-2H3,(H,47,50);/q;;+2/p-2. The molecule has 0 aliphatic heterocycles. The molecule has 2 unspecified atom stereocenters. The normalized spacial score (nSPS) is 12.8. The van der Waals surface area contributed by atoms with Crippen molar-refractivity contribution < 1.29 is 38.3 Å². The molecule has 103 heavy (non-hydrogen) atoms. The van der Waals surface area contributed by atoms with Crippen LogP contribution in [0.1, 0.15) is 567 Å². The molecule has 0 fully saturated rings. The van der Waals surface area contributed by atoms with Gasteiger partial charge in [-0.3, -0.25) is 0 Å². The molecule has 0 radical (unpaired) electrons. The minimum atomic E-state index is -2.88. The van der Waals surface area contributed by atoms with Gasteiger partial charge in [0.05, 0.1) is 13.2 Å². The van der Waals surface area contributed by atoms with E-state index >= 15 is 0 Å². The van der Waals surface area contributed by atoms with E-state index in [-0.39, 0.29) is 19.5 Å². The summed E-state index contributed by atoms with van der Waals surface area (Å²) < 4.78 is 11.3. The molecule has 0 spiro atoms. The molecule has 0 rings (SSSR count). The SMILES string of the molecule is CCCCCCCCCCCCCCCCCCCCCCCOP([O-])(=S)SCCCCCCCCCCCCCCCCCCCCCCC.CCCCCCCCCCCCCCCCCCCCCCCOP([O-])(=S)SCCCCCCCCCCCCCCCCCCCCCCC.[Zn+2]. The van der Waals surface area contributed by atoms with Crippen molar-refractivity contribution in [2.45, 2.75) is 567 Å². The fourth-order valence-corrected chi connectivity index (χ4v) is 21.7. The third kappa shape index (κ3) is 104. The predicted molar refractivity (Wildman–Crippen MR) is 476 cm³/mol. The Hall–Kier alpha value is 2.46. The van der Waals surface area contributed by atoms with Crippen LogP contribution in [0.4, 0.5) is 0 Å². The summed E-state index contributed by atoms with van der Waals surface area (Å²) >= 11 is 13.4. The van der Waals surface area contributed by atoms with E-state index < -0.39 is 11.4 Å². The van der Waals surface area contributed by atoms with Crippen LogP contribution in [0.25, 0.3) is 0 Å². The summed E-state index contributed by atoms with van der Waals surface area (Å²) in [6.07, 6.45) is 117. The zero-order valence-electron chi connectivity index (χ0n) is 71.1. The molecule has 616 valence electrons. The molecule has 4 nitrogen and oxygen atoms in total. The Morgan fingerprint density at radius 2 is 0.272 bits per heavy atom. The zero-order chi connectivity index (χ0) is 74.1. The summed E-state index contributed by atoms with van der Waals surface area (Å²) in [5, 5.41) is 0.